The van der Waals surface area contributed by atoms with Crippen LogP contribution in [-0.4, -0.2) is 24.1 Å². The second-order valence-corrected chi connectivity index (χ2v) is 6.79. The van der Waals surface area contributed by atoms with Crippen LogP contribution in [0.15, 0.2) is 65.8 Å². The van der Waals surface area contributed by atoms with Crippen LogP contribution in [-0.2, 0) is 10.0 Å². The number of amides is 1. The van der Waals surface area contributed by atoms with Gasteiger partial charge in [0.15, 0.2) is 0 Å². The Kier molecular flexibility index (Phi) is 4.78. The molecule has 3 rings (SSSR count). The molecule has 0 aliphatic heterocycles. The summed E-state index contributed by atoms with van der Waals surface area (Å²) >= 11 is 0. The summed E-state index contributed by atoms with van der Waals surface area (Å²) in [4.78, 5) is 13.3. The second kappa shape index (κ2) is 7.02. The summed E-state index contributed by atoms with van der Waals surface area (Å²) in [5, 5.41) is 3.93. The molecule has 1 aromatic heterocycles. The van der Waals surface area contributed by atoms with Gasteiger partial charge < -0.3 is 0 Å². The molecule has 0 fully saturated rings. The number of benzene rings is 2. The molecule has 0 spiro atoms. The van der Waals surface area contributed by atoms with Crippen LogP contribution in [0, 0.1) is 11.6 Å². The van der Waals surface area contributed by atoms with Crippen molar-refractivity contribution in [2.24, 2.45) is 0 Å². The SMILES string of the molecule is O=C(NNS(=O)(=O)c1ccccc1F)c1cc(F)cc(-n2cccn2)c1. The number of halogens is 2. The summed E-state index contributed by atoms with van der Waals surface area (Å²) in [6.45, 7) is 0. The predicted molar refractivity (Wildman–Crippen MR) is 87.7 cm³/mol. The smallest absolute Gasteiger partial charge is 0.266 e. The third kappa shape index (κ3) is 3.76. The maximum Gasteiger partial charge on any atom is 0.266 e. The summed E-state index contributed by atoms with van der Waals surface area (Å²) in [7, 11) is -4.33. The molecule has 1 amide bonds. The van der Waals surface area contributed by atoms with Crippen molar-refractivity contribution in [3.8, 4) is 5.69 Å². The van der Waals surface area contributed by atoms with Crippen molar-refractivity contribution in [2.75, 3.05) is 0 Å². The van der Waals surface area contributed by atoms with E-state index in [1.807, 2.05) is 5.43 Å². The lowest BCUT2D eigenvalue weighted by molar-refractivity contribution is 0.0944. The second-order valence-electron chi connectivity index (χ2n) is 5.14. The topological polar surface area (TPSA) is 93.1 Å². The standard InChI is InChI=1S/C16H12F2N4O3S/c17-12-8-11(9-13(10-12)22-7-3-6-19-22)16(23)20-21-26(24,25)15-5-2-1-4-14(15)18/h1-10,21H,(H,20,23). The maximum atomic E-state index is 13.8. The van der Waals surface area contributed by atoms with Crippen molar-refractivity contribution in [1.29, 1.82) is 0 Å². The van der Waals surface area contributed by atoms with E-state index < -0.39 is 32.5 Å². The summed E-state index contributed by atoms with van der Waals surface area (Å²) in [6, 6.07) is 9.71. The molecule has 0 bridgehead atoms. The van der Waals surface area contributed by atoms with Gasteiger partial charge in [-0.25, -0.2) is 21.9 Å². The zero-order chi connectivity index (χ0) is 18.7. The van der Waals surface area contributed by atoms with Crippen LogP contribution in [0.5, 0.6) is 0 Å². The van der Waals surface area contributed by atoms with Crippen LogP contribution in [0.3, 0.4) is 0 Å². The highest BCUT2D eigenvalue weighted by molar-refractivity contribution is 7.89. The van der Waals surface area contributed by atoms with Crippen LogP contribution in [0.2, 0.25) is 0 Å². The van der Waals surface area contributed by atoms with E-state index in [1.165, 1.54) is 29.1 Å². The predicted octanol–water partition coefficient (Wildman–Crippen LogP) is 1.77. The summed E-state index contributed by atoms with van der Waals surface area (Å²) in [5.74, 6) is -2.60. The van der Waals surface area contributed by atoms with Crippen molar-refractivity contribution in [1.82, 2.24) is 20.0 Å². The molecule has 0 saturated carbocycles. The number of carbonyl (C=O) groups excluding carboxylic acids is 1. The number of nitrogens with zero attached hydrogens (tertiary/aromatic N) is 2. The minimum absolute atomic E-state index is 0.147. The van der Waals surface area contributed by atoms with E-state index in [2.05, 4.69) is 5.10 Å². The van der Waals surface area contributed by atoms with Crippen LogP contribution in [0.4, 0.5) is 8.78 Å². The number of rotatable bonds is 5. The zero-order valence-corrected chi connectivity index (χ0v) is 13.9. The van der Waals surface area contributed by atoms with Crippen LogP contribution in [0.1, 0.15) is 10.4 Å². The van der Waals surface area contributed by atoms with Crippen molar-refractivity contribution in [2.45, 2.75) is 4.90 Å². The van der Waals surface area contributed by atoms with Gasteiger partial charge in [0.1, 0.15) is 16.5 Å². The fraction of sp³-hybridized carbons (Fsp3) is 0. The lowest BCUT2D eigenvalue weighted by Crippen LogP contribution is -2.41. The first kappa shape index (κ1) is 17.7. The molecule has 1 heterocycles. The normalized spacial score (nSPS) is 11.3. The number of nitrogens with one attached hydrogen (secondary N) is 2. The first-order valence-electron chi connectivity index (χ1n) is 7.24. The van der Waals surface area contributed by atoms with Crippen molar-refractivity contribution in [3.05, 3.63) is 78.1 Å². The van der Waals surface area contributed by atoms with Gasteiger partial charge in [0, 0.05) is 18.0 Å². The molecule has 0 radical (unpaired) electrons. The number of hydrogen-bond donors (Lipinski definition) is 2. The van der Waals surface area contributed by atoms with E-state index >= 15 is 0 Å². The third-order valence-electron chi connectivity index (χ3n) is 3.34. The van der Waals surface area contributed by atoms with Gasteiger partial charge in [0.05, 0.1) is 5.69 Å². The van der Waals surface area contributed by atoms with Gasteiger partial charge in [-0.1, -0.05) is 12.1 Å². The molecule has 0 saturated heterocycles. The Bertz CT molecular complexity index is 1050. The molecule has 3 aromatic rings. The Morgan fingerprint density at radius 1 is 1.08 bits per heavy atom. The average molecular weight is 378 g/mol. The molecule has 0 atom stereocenters. The van der Waals surface area contributed by atoms with Gasteiger partial charge in [-0.05, 0) is 36.4 Å². The van der Waals surface area contributed by atoms with E-state index in [4.69, 9.17) is 0 Å². The molecule has 10 heteroatoms. The number of carbonyl (C=O) groups is 1. The Balaban J connectivity index is 1.80. The largest absolute Gasteiger partial charge is 0.273 e. The van der Waals surface area contributed by atoms with Crippen LogP contribution >= 0.6 is 0 Å². The quantitative estimate of drug-likeness (QED) is 0.662. The highest BCUT2D eigenvalue weighted by Crippen LogP contribution is 2.14. The third-order valence-corrected chi connectivity index (χ3v) is 4.62. The molecule has 0 unspecified atom stereocenters. The van der Waals surface area contributed by atoms with E-state index in [9.17, 15) is 22.0 Å². The van der Waals surface area contributed by atoms with Gasteiger partial charge in [0.25, 0.3) is 15.9 Å². The Labute approximate surface area is 147 Å². The Morgan fingerprint density at radius 3 is 2.54 bits per heavy atom. The van der Waals surface area contributed by atoms with Gasteiger partial charge >= 0.3 is 0 Å². The highest BCUT2D eigenvalue weighted by atomic mass is 32.2. The molecule has 2 N–H and O–H groups in total. The highest BCUT2D eigenvalue weighted by Gasteiger charge is 2.20. The lowest BCUT2D eigenvalue weighted by Gasteiger charge is -2.10. The minimum atomic E-state index is -4.33. The Morgan fingerprint density at radius 2 is 1.85 bits per heavy atom. The van der Waals surface area contributed by atoms with Gasteiger partial charge in [-0.2, -0.15) is 5.10 Å². The summed E-state index contributed by atoms with van der Waals surface area (Å²) in [5.41, 5.74) is 2.05. The molecule has 26 heavy (non-hydrogen) atoms. The van der Waals surface area contributed by atoms with Gasteiger partial charge in [-0.15, -0.1) is 4.83 Å². The van der Waals surface area contributed by atoms with Crippen molar-refractivity contribution < 1.29 is 22.0 Å². The summed E-state index contributed by atoms with van der Waals surface area (Å²) in [6.07, 6.45) is 3.03. The maximum absolute atomic E-state index is 13.8. The van der Waals surface area contributed by atoms with Gasteiger partial charge in [-0.3, -0.25) is 10.2 Å². The van der Waals surface area contributed by atoms with Crippen LogP contribution < -0.4 is 10.3 Å². The number of sulfonamides is 1. The molecular weight excluding hydrogens is 366 g/mol. The number of aromatic nitrogens is 2. The zero-order valence-electron chi connectivity index (χ0n) is 13.1. The van der Waals surface area contributed by atoms with E-state index in [0.29, 0.717) is 0 Å². The van der Waals surface area contributed by atoms with Gasteiger partial charge in [0.2, 0.25) is 0 Å². The molecule has 7 nitrogen and oxygen atoms in total. The Hall–Kier alpha value is -3.11. The average Bonchev–Trinajstić information content (AvgIpc) is 3.14. The number of hydrazine groups is 1. The first-order valence-corrected chi connectivity index (χ1v) is 8.72. The monoisotopic (exact) mass is 378 g/mol. The molecule has 2 aromatic carbocycles. The van der Waals surface area contributed by atoms with Crippen molar-refractivity contribution in [3.63, 3.8) is 0 Å². The molecule has 0 aliphatic carbocycles. The minimum Gasteiger partial charge on any atom is -0.273 e. The van der Waals surface area contributed by atoms with Crippen LogP contribution in [0.25, 0.3) is 5.69 Å². The fourth-order valence-corrected chi connectivity index (χ4v) is 3.08. The van der Waals surface area contributed by atoms with E-state index in [0.717, 1.165) is 24.3 Å². The lowest BCUT2D eigenvalue weighted by atomic mass is 10.2. The van der Waals surface area contributed by atoms with Crippen molar-refractivity contribution >= 4 is 15.9 Å². The molecular formula is C16H12F2N4O3S. The van der Waals surface area contributed by atoms with E-state index in [-0.39, 0.29) is 11.3 Å². The summed E-state index contributed by atoms with van der Waals surface area (Å²) < 4.78 is 52.8. The number of hydrogen-bond acceptors (Lipinski definition) is 4. The molecule has 134 valence electrons. The molecule has 0 aliphatic rings. The van der Waals surface area contributed by atoms with E-state index in [1.54, 1.807) is 17.1 Å². The first-order chi connectivity index (χ1) is 12.4. The fourth-order valence-electron chi connectivity index (χ4n) is 2.16.